The summed E-state index contributed by atoms with van der Waals surface area (Å²) in [5.41, 5.74) is 0.418. The van der Waals surface area contributed by atoms with Gasteiger partial charge in [-0.1, -0.05) is 19.8 Å². The fourth-order valence-corrected chi connectivity index (χ4v) is 3.64. The zero-order valence-corrected chi connectivity index (χ0v) is 14.5. The molecule has 1 amide bonds. The average Bonchev–Trinajstić information content (AvgIpc) is 2.98. The van der Waals surface area contributed by atoms with Crippen LogP contribution in [0.5, 0.6) is 0 Å². The molecule has 2 N–H and O–H groups in total. The molecular formula is C17H32N4O. The summed E-state index contributed by atoms with van der Waals surface area (Å²) in [5, 5.41) is 6.87. The summed E-state index contributed by atoms with van der Waals surface area (Å²) in [7, 11) is 1.88. The molecule has 5 nitrogen and oxygen atoms in total. The number of amides is 1. The van der Waals surface area contributed by atoms with E-state index in [-0.39, 0.29) is 5.91 Å². The number of hydrogen-bond acceptors (Lipinski definition) is 2. The Bertz CT molecular complexity index is 401. The molecule has 1 aliphatic heterocycles. The lowest BCUT2D eigenvalue weighted by atomic mass is 9.84. The maximum atomic E-state index is 11.6. The predicted molar refractivity (Wildman–Crippen MR) is 91.0 cm³/mol. The summed E-state index contributed by atoms with van der Waals surface area (Å²) in [6.45, 7) is 6.94. The molecule has 2 fully saturated rings. The number of rotatable bonds is 5. The van der Waals surface area contributed by atoms with Crippen molar-refractivity contribution in [2.45, 2.75) is 64.8 Å². The maximum Gasteiger partial charge on any atom is 0.222 e. The van der Waals surface area contributed by atoms with E-state index < -0.39 is 0 Å². The van der Waals surface area contributed by atoms with Gasteiger partial charge in [0, 0.05) is 39.1 Å². The van der Waals surface area contributed by atoms with Gasteiger partial charge in [-0.05, 0) is 38.0 Å². The molecule has 0 spiro atoms. The standard InChI is InChI=1S/C17H32N4O/c1-4-17(10-6-7-11-17)13-19-16(18-5-2)20-14-8-9-15(22)21(3)12-14/h14H,4-13H2,1-3H3,(H2,18,19,20). The number of hydrogen-bond donors (Lipinski definition) is 2. The van der Waals surface area contributed by atoms with Crippen molar-refractivity contribution in [2.75, 3.05) is 26.7 Å². The van der Waals surface area contributed by atoms with Crippen LogP contribution in [0.3, 0.4) is 0 Å². The SMILES string of the molecule is CCNC(=NCC1(CC)CCCC1)NC1CCC(=O)N(C)C1. The van der Waals surface area contributed by atoms with Gasteiger partial charge in [-0.3, -0.25) is 9.79 Å². The lowest BCUT2D eigenvalue weighted by molar-refractivity contribution is -0.132. The monoisotopic (exact) mass is 308 g/mol. The van der Waals surface area contributed by atoms with Crippen molar-refractivity contribution in [1.82, 2.24) is 15.5 Å². The van der Waals surface area contributed by atoms with Gasteiger partial charge in [-0.25, -0.2) is 0 Å². The third-order valence-electron chi connectivity index (χ3n) is 5.30. The number of guanidine groups is 1. The van der Waals surface area contributed by atoms with Crippen molar-refractivity contribution in [3.63, 3.8) is 0 Å². The second kappa shape index (κ2) is 7.84. The van der Waals surface area contributed by atoms with Crippen LogP contribution >= 0.6 is 0 Å². The third-order valence-corrected chi connectivity index (χ3v) is 5.30. The molecule has 0 aromatic heterocycles. The highest BCUT2D eigenvalue weighted by Crippen LogP contribution is 2.41. The minimum absolute atomic E-state index is 0.246. The Morgan fingerprint density at radius 1 is 1.36 bits per heavy atom. The van der Waals surface area contributed by atoms with E-state index in [2.05, 4.69) is 24.5 Å². The topological polar surface area (TPSA) is 56.7 Å². The number of aliphatic imine (C=N–C) groups is 1. The molecule has 0 aromatic rings. The van der Waals surface area contributed by atoms with Crippen LogP contribution in [0.4, 0.5) is 0 Å². The van der Waals surface area contributed by atoms with Crippen molar-refractivity contribution >= 4 is 11.9 Å². The van der Waals surface area contributed by atoms with Crippen LogP contribution in [0.2, 0.25) is 0 Å². The molecule has 2 aliphatic rings. The van der Waals surface area contributed by atoms with E-state index in [1.165, 1.54) is 32.1 Å². The summed E-state index contributed by atoms with van der Waals surface area (Å²) < 4.78 is 0. The number of likely N-dealkylation sites (N-methyl/N-ethyl adjacent to an activating group) is 1. The molecule has 22 heavy (non-hydrogen) atoms. The minimum Gasteiger partial charge on any atom is -0.357 e. The van der Waals surface area contributed by atoms with E-state index in [9.17, 15) is 4.79 Å². The molecule has 1 unspecified atom stereocenters. The Morgan fingerprint density at radius 3 is 2.68 bits per heavy atom. The van der Waals surface area contributed by atoms with Crippen LogP contribution in [0.25, 0.3) is 0 Å². The summed E-state index contributed by atoms with van der Waals surface area (Å²) >= 11 is 0. The van der Waals surface area contributed by atoms with Crippen LogP contribution in [-0.4, -0.2) is 49.5 Å². The first-order chi connectivity index (χ1) is 10.6. The molecular weight excluding hydrogens is 276 g/mol. The highest BCUT2D eigenvalue weighted by atomic mass is 16.2. The first-order valence-corrected chi connectivity index (χ1v) is 8.87. The van der Waals surface area contributed by atoms with E-state index in [0.29, 0.717) is 17.9 Å². The van der Waals surface area contributed by atoms with Crippen LogP contribution in [0.15, 0.2) is 4.99 Å². The number of carbonyl (C=O) groups is 1. The van der Waals surface area contributed by atoms with Gasteiger partial charge in [-0.2, -0.15) is 0 Å². The third kappa shape index (κ3) is 4.37. The zero-order chi connectivity index (χ0) is 16.0. The van der Waals surface area contributed by atoms with Crippen molar-refractivity contribution in [2.24, 2.45) is 10.4 Å². The molecule has 1 heterocycles. The lowest BCUT2D eigenvalue weighted by Gasteiger charge is -2.31. The predicted octanol–water partition coefficient (Wildman–Crippen LogP) is 2.13. The van der Waals surface area contributed by atoms with Crippen LogP contribution in [0.1, 0.15) is 58.8 Å². The molecule has 0 bridgehead atoms. The number of likely N-dealkylation sites (tertiary alicyclic amines) is 1. The first kappa shape index (κ1) is 17.1. The maximum absolute atomic E-state index is 11.6. The molecule has 1 atom stereocenters. The molecule has 1 saturated heterocycles. The summed E-state index contributed by atoms with van der Waals surface area (Å²) in [5.74, 6) is 1.16. The van der Waals surface area contributed by atoms with E-state index in [1.54, 1.807) is 0 Å². The average molecular weight is 308 g/mol. The van der Waals surface area contributed by atoms with E-state index in [4.69, 9.17) is 4.99 Å². The normalized spacial score (nSPS) is 25.4. The Hall–Kier alpha value is -1.26. The van der Waals surface area contributed by atoms with Crippen LogP contribution < -0.4 is 10.6 Å². The Balaban J connectivity index is 1.94. The number of nitrogens with zero attached hydrogens (tertiary/aromatic N) is 2. The number of piperidine rings is 1. The van der Waals surface area contributed by atoms with E-state index in [1.807, 2.05) is 11.9 Å². The van der Waals surface area contributed by atoms with Gasteiger partial charge in [0.1, 0.15) is 0 Å². The fourth-order valence-electron chi connectivity index (χ4n) is 3.64. The zero-order valence-electron chi connectivity index (χ0n) is 14.5. The molecule has 1 saturated carbocycles. The van der Waals surface area contributed by atoms with Gasteiger partial charge in [0.05, 0.1) is 0 Å². The largest absolute Gasteiger partial charge is 0.357 e. The second-order valence-corrected chi connectivity index (χ2v) is 6.91. The van der Waals surface area contributed by atoms with Gasteiger partial charge < -0.3 is 15.5 Å². The Morgan fingerprint density at radius 2 is 2.09 bits per heavy atom. The summed E-state index contributed by atoms with van der Waals surface area (Å²) in [6.07, 6.45) is 8.07. The molecule has 5 heteroatoms. The van der Waals surface area contributed by atoms with E-state index in [0.717, 1.165) is 32.0 Å². The Kier molecular flexibility index (Phi) is 6.09. The van der Waals surface area contributed by atoms with Gasteiger partial charge in [0.25, 0.3) is 0 Å². The van der Waals surface area contributed by atoms with Crippen molar-refractivity contribution in [1.29, 1.82) is 0 Å². The fraction of sp³-hybridized carbons (Fsp3) is 0.882. The highest BCUT2D eigenvalue weighted by Gasteiger charge is 2.32. The quantitative estimate of drug-likeness (QED) is 0.604. The van der Waals surface area contributed by atoms with Crippen LogP contribution in [0, 0.1) is 5.41 Å². The van der Waals surface area contributed by atoms with Crippen LogP contribution in [-0.2, 0) is 4.79 Å². The first-order valence-electron chi connectivity index (χ1n) is 8.87. The molecule has 0 aromatic carbocycles. The van der Waals surface area contributed by atoms with E-state index >= 15 is 0 Å². The van der Waals surface area contributed by atoms with Gasteiger partial charge >= 0.3 is 0 Å². The van der Waals surface area contributed by atoms with Gasteiger partial charge in [-0.15, -0.1) is 0 Å². The number of nitrogens with one attached hydrogen (secondary N) is 2. The van der Waals surface area contributed by atoms with Crippen molar-refractivity contribution in [3.05, 3.63) is 0 Å². The van der Waals surface area contributed by atoms with Gasteiger partial charge in [0.2, 0.25) is 5.91 Å². The molecule has 2 rings (SSSR count). The second-order valence-electron chi connectivity index (χ2n) is 6.91. The number of carbonyl (C=O) groups excluding carboxylic acids is 1. The van der Waals surface area contributed by atoms with Gasteiger partial charge in [0.15, 0.2) is 5.96 Å². The molecule has 126 valence electrons. The van der Waals surface area contributed by atoms with Crippen molar-refractivity contribution in [3.8, 4) is 0 Å². The highest BCUT2D eigenvalue weighted by molar-refractivity contribution is 5.81. The Labute approximate surface area is 134 Å². The summed E-state index contributed by atoms with van der Waals surface area (Å²) in [6, 6.07) is 0.307. The minimum atomic E-state index is 0.246. The molecule has 0 radical (unpaired) electrons. The molecule has 1 aliphatic carbocycles. The summed E-state index contributed by atoms with van der Waals surface area (Å²) in [4.78, 5) is 18.3. The van der Waals surface area contributed by atoms with Crippen molar-refractivity contribution < 1.29 is 4.79 Å². The smallest absolute Gasteiger partial charge is 0.222 e. The lowest BCUT2D eigenvalue weighted by Crippen LogP contribution is -2.51.